The van der Waals surface area contributed by atoms with Gasteiger partial charge in [-0.15, -0.1) is 11.6 Å². The van der Waals surface area contributed by atoms with Crippen LogP contribution in [0.3, 0.4) is 0 Å². The molecular formula is C12H15Cl2N3O. The highest BCUT2D eigenvalue weighted by atomic mass is 35.5. The van der Waals surface area contributed by atoms with Crippen LogP contribution in [0, 0.1) is 0 Å². The highest BCUT2D eigenvalue weighted by Gasteiger charge is 2.17. The van der Waals surface area contributed by atoms with E-state index in [1.807, 2.05) is 0 Å². The SMILES string of the molecule is COCC(C)n1c(CCCl)nc2cncc(Cl)c21. The maximum absolute atomic E-state index is 6.22. The van der Waals surface area contributed by atoms with Gasteiger partial charge in [0.15, 0.2) is 0 Å². The van der Waals surface area contributed by atoms with Crippen molar-refractivity contribution in [1.82, 2.24) is 14.5 Å². The lowest BCUT2D eigenvalue weighted by Crippen LogP contribution is -2.14. The van der Waals surface area contributed by atoms with Crippen molar-refractivity contribution in [3.63, 3.8) is 0 Å². The van der Waals surface area contributed by atoms with E-state index in [9.17, 15) is 0 Å². The van der Waals surface area contributed by atoms with Crippen molar-refractivity contribution >= 4 is 34.2 Å². The van der Waals surface area contributed by atoms with Gasteiger partial charge < -0.3 is 9.30 Å². The van der Waals surface area contributed by atoms with E-state index in [2.05, 4.69) is 21.5 Å². The van der Waals surface area contributed by atoms with Gasteiger partial charge in [-0.25, -0.2) is 4.98 Å². The quantitative estimate of drug-likeness (QED) is 0.794. The van der Waals surface area contributed by atoms with Crippen molar-refractivity contribution in [3.8, 4) is 0 Å². The number of hydrogen-bond acceptors (Lipinski definition) is 3. The Kier molecular flexibility index (Phi) is 4.43. The van der Waals surface area contributed by atoms with E-state index in [4.69, 9.17) is 27.9 Å². The first-order chi connectivity index (χ1) is 8.69. The Bertz CT molecular complexity index is 541. The van der Waals surface area contributed by atoms with E-state index in [1.165, 1.54) is 0 Å². The summed E-state index contributed by atoms with van der Waals surface area (Å²) in [7, 11) is 1.68. The molecule has 0 aliphatic rings. The monoisotopic (exact) mass is 287 g/mol. The number of aryl methyl sites for hydroxylation is 1. The topological polar surface area (TPSA) is 39.9 Å². The Balaban J connectivity index is 2.60. The van der Waals surface area contributed by atoms with Gasteiger partial charge in [-0.3, -0.25) is 4.98 Å². The van der Waals surface area contributed by atoms with E-state index < -0.39 is 0 Å². The zero-order chi connectivity index (χ0) is 13.1. The Morgan fingerprint density at radius 3 is 2.89 bits per heavy atom. The second kappa shape index (κ2) is 5.87. The van der Waals surface area contributed by atoms with Crippen LogP contribution in [0.15, 0.2) is 12.4 Å². The number of halogens is 2. The fourth-order valence-corrected chi connectivity index (χ4v) is 2.52. The molecule has 1 unspecified atom stereocenters. The number of aromatic nitrogens is 3. The smallest absolute Gasteiger partial charge is 0.111 e. The van der Waals surface area contributed by atoms with E-state index >= 15 is 0 Å². The molecule has 2 aromatic heterocycles. The molecule has 1 atom stereocenters. The number of alkyl halides is 1. The molecule has 2 heterocycles. The molecule has 2 rings (SSSR count). The Morgan fingerprint density at radius 2 is 2.22 bits per heavy atom. The summed E-state index contributed by atoms with van der Waals surface area (Å²) >= 11 is 12.0. The average molecular weight is 288 g/mol. The van der Waals surface area contributed by atoms with Crippen molar-refractivity contribution in [1.29, 1.82) is 0 Å². The summed E-state index contributed by atoms with van der Waals surface area (Å²) in [6.45, 7) is 2.67. The Hall–Kier alpha value is -0.840. The minimum Gasteiger partial charge on any atom is -0.383 e. The van der Waals surface area contributed by atoms with Crippen molar-refractivity contribution in [2.75, 3.05) is 19.6 Å². The first kappa shape index (κ1) is 13.6. The molecule has 4 nitrogen and oxygen atoms in total. The zero-order valence-corrected chi connectivity index (χ0v) is 11.9. The van der Waals surface area contributed by atoms with Gasteiger partial charge >= 0.3 is 0 Å². The van der Waals surface area contributed by atoms with Crippen LogP contribution in [0.25, 0.3) is 11.0 Å². The summed E-state index contributed by atoms with van der Waals surface area (Å²) in [6.07, 6.45) is 4.04. The predicted octanol–water partition coefficient (Wildman–Crippen LogP) is 3.07. The van der Waals surface area contributed by atoms with Crippen molar-refractivity contribution in [3.05, 3.63) is 23.2 Å². The van der Waals surface area contributed by atoms with Crippen LogP contribution < -0.4 is 0 Å². The summed E-state index contributed by atoms with van der Waals surface area (Å²) in [5.74, 6) is 1.44. The summed E-state index contributed by atoms with van der Waals surface area (Å²) in [5.41, 5.74) is 1.70. The summed E-state index contributed by atoms with van der Waals surface area (Å²) < 4.78 is 7.30. The third kappa shape index (κ3) is 2.46. The molecule has 0 fully saturated rings. The summed E-state index contributed by atoms with van der Waals surface area (Å²) in [4.78, 5) is 8.60. The number of fused-ring (bicyclic) bond motifs is 1. The molecule has 0 aromatic carbocycles. The first-order valence-corrected chi connectivity index (χ1v) is 6.65. The molecule has 0 amide bonds. The summed E-state index contributed by atoms with van der Waals surface area (Å²) in [5, 5.41) is 0.601. The third-order valence-corrected chi connectivity index (χ3v) is 3.25. The van der Waals surface area contributed by atoms with Crippen molar-refractivity contribution in [2.24, 2.45) is 0 Å². The normalized spacial score (nSPS) is 13.1. The van der Waals surface area contributed by atoms with Gasteiger partial charge in [0.25, 0.3) is 0 Å². The summed E-state index contributed by atoms with van der Waals surface area (Å²) in [6, 6.07) is 0.151. The van der Waals surface area contributed by atoms with Crippen LogP contribution in [0.1, 0.15) is 18.8 Å². The van der Waals surface area contributed by atoms with Gasteiger partial charge in [0.2, 0.25) is 0 Å². The fourth-order valence-electron chi connectivity index (χ4n) is 2.11. The largest absolute Gasteiger partial charge is 0.383 e. The van der Waals surface area contributed by atoms with Crippen LogP contribution in [0.5, 0.6) is 0 Å². The van der Waals surface area contributed by atoms with Gasteiger partial charge in [-0.1, -0.05) is 11.6 Å². The second-order valence-electron chi connectivity index (χ2n) is 4.13. The molecular weight excluding hydrogens is 273 g/mol. The standard InChI is InChI=1S/C12H15Cl2N3O/c1-8(7-18-2)17-11(3-4-13)16-10-6-15-5-9(14)12(10)17/h5-6,8H,3-4,7H2,1-2H3. The number of pyridine rings is 1. The second-order valence-corrected chi connectivity index (χ2v) is 4.92. The molecule has 0 saturated carbocycles. The molecule has 0 N–H and O–H groups in total. The highest BCUT2D eigenvalue weighted by Crippen LogP contribution is 2.27. The highest BCUT2D eigenvalue weighted by molar-refractivity contribution is 6.34. The van der Waals surface area contributed by atoms with Crippen LogP contribution in [0.2, 0.25) is 5.02 Å². The van der Waals surface area contributed by atoms with Gasteiger partial charge in [0, 0.05) is 25.6 Å². The third-order valence-electron chi connectivity index (χ3n) is 2.79. The van der Waals surface area contributed by atoms with Crippen molar-refractivity contribution < 1.29 is 4.74 Å². The number of nitrogens with zero attached hydrogens (tertiary/aromatic N) is 3. The molecule has 0 aliphatic carbocycles. The lowest BCUT2D eigenvalue weighted by molar-refractivity contribution is 0.162. The number of rotatable bonds is 5. The number of ether oxygens (including phenoxy) is 1. The number of hydrogen-bond donors (Lipinski definition) is 0. The lowest BCUT2D eigenvalue weighted by atomic mass is 10.3. The van der Waals surface area contributed by atoms with E-state index in [0.29, 0.717) is 23.9 Å². The zero-order valence-electron chi connectivity index (χ0n) is 10.4. The average Bonchev–Trinajstić information content (AvgIpc) is 2.69. The molecule has 6 heteroatoms. The minimum absolute atomic E-state index is 0.151. The predicted molar refractivity (Wildman–Crippen MR) is 73.5 cm³/mol. The number of methoxy groups -OCH3 is 1. The van der Waals surface area contributed by atoms with Crippen LogP contribution in [-0.2, 0) is 11.2 Å². The fraction of sp³-hybridized carbons (Fsp3) is 0.500. The van der Waals surface area contributed by atoms with Gasteiger partial charge in [0.1, 0.15) is 11.3 Å². The molecule has 2 aromatic rings. The number of imidazole rings is 1. The molecule has 0 aliphatic heterocycles. The molecule has 98 valence electrons. The van der Waals surface area contributed by atoms with Crippen LogP contribution >= 0.6 is 23.2 Å². The van der Waals surface area contributed by atoms with E-state index in [-0.39, 0.29) is 6.04 Å². The van der Waals surface area contributed by atoms with Crippen molar-refractivity contribution in [2.45, 2.75) is 19.4 Å². The van der Waals surface area contributed by atoms with E-state index in [0.717, 1.165) is 16.9 Å². The molecule has 0 saturated heterocycles. The van der Waals surface area contributed by atoms with Gasteiger partial charge in [0.05, 0.1) is 29.4 Å². The van der Waals surface area contributed by atoms with Gasteiger partial charge in [-0.05, 0) is 6.92 Å². The molecule has 18 heavy (non-hydrogen) atoms. The lowest BCUT2D eigenvalue weighted by Gasteiger charge is -2.16. The molecule has 0 bridgehead atoms. The van der Waals surface area contributed by atoms with Crippen LogP contribution in [-0.4, -0.2) is 34.1 Å². The first-order valence-electron chi connectivity index (χ1n) is 5.74. The van der Waals surface area contributed by atoms with E-state index in [1.54, 1.807) is 19.5 Å². The Labute approximate surface area is 116 Å². The Morgan fingerprint density at radius 1 is 1.44 bits per heavy atom. The van der Waals surface area contributed by atoms with Crippen LogP contribution in [0.4, 0.5) is 0 Å². The van der Waals surface area contributed by atoms with Gasteiger partial charge in [-0.2, -0.15) is 0 Å². The minimum atomic E-state index is 0.151. The maximum Gasteiger partial charge on any atom is 0.111 e. The maximum atomic E-state index is 6.22. The molecule has 0 radical (unpaired) electrons. The molecule has 0 spiro atoms.